The molecule has 1 saturated heterocycles. The predicted molar refractivity (Wildman–Crippen MR) is 57.2 cm³/mol. The highest BCUT2D eigenvalue weighted by atomic mass is 79.9. The quantitative estimate of drug-likeness (QED) is 0.701. The Morgan fingerprint density at radius 2 is 2.21 bits per heavy atom. The molecule has 0 radical (unpaired) electrons. The molecule has 1 atom stereocenters. The van der Waals surface area contributed by atoms with Crippen LogP contribution in [0.15, 0.2) is 0 Å². The summed E-state index contributed by atoms with van der Waals surface area (Å²) >= 11 is 3.30. The third-order valence-electron chi connectivity index (χ3n) is 2.27. The van der Waals surface area contributed by atoms with Crippen molar-refractivity contribution in [1.29, 1.82) is 0 Å². The van der Waals surface area contributed by atoms with Gasteiger partial charge < -0.3 is 10.2 Å². The van der Waals surface area contributed by atoms with Crippen LogP contribution in [0.3, 0.4) is 0 Å². The van der Waals surface area contributed by atoms with E-state index in [4.69, 9.17) is 0 Å². The molecule has 1 aliphatic rings. The summed E-state index contributed by atoms with van der Waals surface area (Å²) in [6.45, 7) is 6.44. The van der Waals surface area contributed by atoms with Crippen LogP contribution in [0.25, 0.3) is 0 Å². The molecule has 2 amide bonds. The molecule has 0 spiro atoms. The largest absolute Gasteiger partial charge is 0.353 e. The second-order valence-corrected chi connectivity index (χ2v) is 5.92. The van der Waals surface area contributed by atoms with E-state index in [0.29, 0.717) is 13.1 Å². The summed E-state index contributed by atoms with van der Waals surface area (Å²) in [6.07, 6.45) is 0. The van der Waals surface area contributed by atoms with Gasteiger partial charge in [-0.1, -0.05) is 15.9 Å². The number of halogens is 1. The molecule has 1 rings (SSSR count). The number of amides is 2. The molecule has 1 N–H and O–H groups in total. The maximum absolute atomic E-state index is 11.9. The summed E-state index contributed by atoms with van der Waals surface area (Å²) < 4.78 is -0.598. The van der Waals surface area contributed by atoms with Crippen molar-refractivity contribution in [3.8, 4) is 0 Å². The lowest BCUT2D eigenvalue weighted by Gasteiger charge is -2.36. The van der Waals surface area contributed by atoms with Gasteiger partial charge in [-0.3, -0.25) is 9.59 Å². The van der Waals surface area contributed by atoms with Crippen LogP contribution in [0.5, 0.6) is 0 Å². The smallest absolute Gasteiger partial charge is 0.242 e. The molecule has 0 aromatic carbocycles. The molecule has 0 aromatic rings. The fourth-order valence-corrected chi connectivity index (χ4v) is 1.63. The first-order chi connectivity index (χ1) is 6.34. The number of hydrogen-bond donors (Lipinski definition) is 1. The molecule has 0 aliphatic carbocycles. The number of piperazine rings is 1. The Morgan fingerprint density at radius 3 is 2.71 bits per heavy atom. The maximum atomic E-state index is 11.9. The summed E-state index contributed by atoms with van der Waals surface area (Å²) in [5, 5.41) is 2.72. The molecule has 4 nitrogen and oxygen atoms in total. The van der Waals surface area contributed by atoms with E-state index in [9.17, 15) is 9.59 Å². The third-order valence-corrected chi connectivity index (χ3v) is 2.61. The summed E-state index contributed by atoms with van der Waals surface area (Å²) in [6, 6.07) is -0.368. The van der Waals surface area contributed by atoms with Gasteiger partial charge in [0.15, 0.2) is 0 Å². The van der Waals surface area contributed by atoms with Crippen molar-refractivity contribution in [3.63, 3.8) is 0 Å². The van der Waals surface area contributed by atoms with Crippen LogP contribution in [0, 0.1) is 0 Å². The molecule has 0 bridgehead atoms. The number of carbonyl (C=O) groups excluding carboxylic acids is 2. The van der Waals surface area contributed by atoms with Crippen molar-refractivity contribution < 1.29 is 9.59 Å². The number of nitrogens with zero attached hydrogens (tertiary/aromatic N) is 1. The molecular weight excluding hydrogens is 248 g/mol. The van der Waals surface area contributed by atoms with E-state index in [1.165, 1.54) is 0 Å². The Kier molecular flexibility index (Phi) is 3.19. The Hall–Kier alpha value is -0.580. The first kappa shape index (κ1) is 11.5. The molecule has 1 unspecified atom stereocenters. The predicted octanol–water partition coefficient (Wildman–Crippen LogP) is 0.507. The van der Waals surface area contributed by atoms with E-state index in [-0.39, 0.29) is 17.9 Å². The van der Waals surface area contributed by atoms with Gasteiger partial charge in [0.05, 0.1) is 4.32 Å². The number of alkyl halides is 1. The number of rotatable bonds is 1. The minimum absolute atomic E-state index is 0.0418. The minimum Gasteiger partial charge on any atom is -0.353 e. The summed E-state index contributed by atoms with van der Waals surface area (Å²) in [5.74, 6) is -0.124. The van der Waals surface area contributed by atoms with Crippen molar-refractivity contribution in [2.75, 3.05) is 13.1 Å². The van der Waals surface area contributed by atoms with Crippen molar-refractivity contribution in [2.45, 2.75) is 31.1 Å². The Morgan fingerprint density at radius 1 is 1.64 bits per heavy atom. The molecule has 5 heteroatoms. The maximum Gasteiger partial charge on any atom is 0.242 e. The van der Waals surface area contributed by atoms with Gasteiger partial charge >= 0.3 is 0 Å². The van der Waals surface area contributed by atoms with Crippen molar-refractivity contribution in [2.24, 2.45) is 0 Å². The molecule has 0 aromatic heterocycles. The van der Waals surface area contributed by atoms with Crippen LogP contribution in [0.4, 0.5) is 0 Å². The molecule has 1 aliphatic heterocycles. The van der Waals surface area contributed by atoms with Crippen LogP contribution in [0.1, 0.15) is 20.8 Å². The molecule has 80 valence electrons. The van der Waals surface area contributed by atoms with Gasteiger partial charge in [0.1, 0.15) is 6.04 Å². The summed E-state index contributed by atoms with van der Waals surface area (Å²) in [4.78, 5) is 24.8. The lowest BCUT2D eigenvalue weighted by molar-refractivity contribution is -0.143. The van der Waals surface area contributed by atoms with Crippen molar-refractivity contribution in [1.82, 2.24) is 10.2 Å². The lowest BCUT2D eigenvalue weighted by atomic mass is 10.1. The van der Waals surface area contributed by atoms with E-state index in [0.717, 1.165) is 0 Å². The highest BCUT2D eigenvalue weighted by molar-refractivity contribution is 9.10. The average molecular weight is 263 g/mol. The van der Waals surface area contributed by atoms with Gasteiger partial charge in [-0.15, -0.1) is 0 Å². The fraction of sp³-hybridized carbons (Fsp3) is 0.778. The third kappa shape index (κ3) is 2.26. The van der Waals surface area contributed by atoms with Gasteiger partial charge in [0.25, 0.3) is 0 Å². The van der Waals surface area contributed by atoms with Gasteiger partial charge in [-0.25, -0.2) is 0 Å². The zero-order valence-electron chi connectivity index (χ0n) is 8.63. The summed E-state index contributed by atoms with van der Waals surface area (Å²) in [7, 11) is 0. The zero-order chi connectivity index (χ0) is 10.9. The fourth-order valence-electron chi connectivity index (χ4n) is 1.40. The van der Waals surface area contributed by atoms with Crippen LogP contribution >= 0.6 is 15.9 Å². The van der Waals surface area contributed by atoms with E-state index < -0.39 is 4.32 Å². The minimum atomic E-state index is -0.598. The van der Waals surface area contributed by atoms with E-state index in [2.05, 4.69) is 21.2 Å². The van der Waals surface area contributed by atoms with Crippen LogP contribution in [0.2, 0.25) is 0 Å². The van der Waals surface area contributed by atoms with Crippen molar-refractivity contribution in [3.05, 3.63) is 0 Å². The standard InChI is InChI=1S/C9H15BrN2O2/c1-6-7(13)11-4-5-12(6)8(14)9(2,3)10/h6H,4-5H2,1-3H3,(H,11,13). The van der Waals surface area contributed by atoms with Gasteiger partial charge in [0, 0.05) is 13.1 Å². The second-order valence-electron chi connectivity index (χ2n) is 3.94. The van der Waals surface area contributed by atoms with Gasteiger partial charge in [0.2, 0.25) is 11.8 Å². The number of hydrogen-bond acceptors (Lipinski definition) is 2. The molecule has 0 saturated carbocycles. The van der Waals surface area contributed by atoms with E-state index in [1.54, 1.807) is 25.7 Å². The van der Waals surface area contributed by atoms with Gasteiger partial charge in [-0.05, 0) is 20.8 Å². The molecular formula is C9H15BrN2O2. The second kappa shape index (κ2) is 3.88. The topological polar surface area (TPSA) is 49.4 Å². The Balaban J connectivity index is 2.77. The zero-order valence-corrected chi connectivity index (χ0v) is 10.2. The highest BCUT2D eigenvalue weighted by Crippen LogP contribution is 2.21. The first-order valence-corrected chi connectivity index (χ1v) is 5.41. The molecule has 1 fully saturated rings. The normalized spacial score (nSPS) is 23.3. The number of nitrogens with one attached hydrogen (secondary N) is 1. The van der Waals surface area contributed by atoms with Crippen LogP contribution < -0.4 is 5.32 Å². The monoisotopic (exact) mass is 262 g/mol. The van der Waals surface area contributed by atoms with E-state index in [1.807, 2.05) is 0 Å². The Bertz CT molecular complexity index is 260. The van der Waals surface area contributed by atoms with Crippen LogP contribution in [-0.4, -0.2) is 40.2 Å². The average Bonchev–Trinajstić information content (AvgIpc) is 2.07. The Labute approximate surface area is 92.2 Å². The highest BCUT2D eigenvalue weighted by Gasteiger charge is 2.36. The number of carbonyl (C=O) groups is 2. The SMILES string of the molecule is CC1C(=O)NCCN1C(=O)C(C)(C)Br. The first-order valence-electron chi connectivity index (χ1n) is 4.61. The molecule has 1 heterocycles. The van der Waals surface area contributed by atoms with Gasteiger partial charge in [-0.2, -0.15) is 0 Å². The molecule has 14 heavy (non-hydrogen) atoms. The van der Waals surface area contributed by atoms with E-state index >= 15 is 0 Å². The van der Waals surface area contributed by atoms with Crippen molar-refractivity contribution >= 4 is 27.7 Å². The van der Waals surface area contributed by atoms with Crippen LogP contribution in [-0.2, 0) is 9.59 Å². The summed E-state index contributed by atoms with van der Waals surface area (Å²) in [5.41, 5.74) is 0. The lowest BCUT2D eigenvalue weighted by Crippen LogP contribution is -2.58.